The van der Waals surface area contributed by atoms with E-state index in [1.165, 1.54) is 22.3 Å². The molecular formula is C15H24N2O. The summed E-state index contributed by atoms with van der Waals surface area (Å²) in [5, 5.41) is 3.32. The highest BCUT2D eigenvalue weighted by Crippen LogP contribution is 2.29. The lowest BCUT2D eigenvalue weighted by molar-refractivity contribution is 0.172. The summed E-state index contributed by atoms with van der Waals surface area (Å²) in [6.07, 6.45) is 0. The minimum Gasteiger partial charge on any atom is -0.496 e. The molecule has 3 nitrogen and oxygen atoms in total. The van der Waals surface area contributed by atoms with Gasteiger partial charge in [0, 0.05) is 25.7 Å². The summed E-state index contributed by atoms with van der Waals surface area (Å²) in [6, 6.07) is 2.95. The number of aryl methyl sites for hydroxylation is 1. The van der Waals surface area contributed by atoms with Crippen LogP contribution in [-0.4, -0.2) is 38.2 Å². The van der Waals surface area contributed by atoms with Crippen molar-refractivity contribution in [3.05, 3.63) is 28.3 Å². The molecule has 0 unspecified atom stereocenters. The number of nitrogens with zero attached hydrogens (tertiary/aromatic N) is 1. The predicted octanol–water partition coefficient (Wildman–Crippen LogP) is 2.02. The van der Waals surface area contributed by atoms with Gasteiger partial charge in [-0.25, -0.2) is 0 Å². The normalized spacial score (nSPS) is 15.9. The molecule has 1 aliphatic heterocycles. The third kappa shape index (κ3) is 2.38. The van der Waals surface area contributed by atoms with Crippen LogP contribution in [0.2, 0.25) is 0 Å². The quantitative estimate of drug-likeness (QED) is 0.882. The van der Waals surface area contributed by atoms with Gasteiger partial charge in [0.1, 0.15) is 5.75 Å². The van der Waals surface area contributed by atoms with Crippen LogP contribution in [0.4, 0.5) is 0 Å². The van der Waals surface area contributed by atoms with E-state index in [4.69, 9.17) is 4.74 Å². The molecule has 0 aliphatic carbocycles. The lowest BCUT2D eigenvalue weighted by Gasteiger charge is -2.36. The van der Waals surface area contributed by atoms with Gasteiger partial charge in [0.05, 0.1) is 7.11 Å². The van der Waals surface area contributed by atoms with Crippen molar-refractivity contribution in [1.29, 1.82) is 0 Å². The van der Waals surface area contributed by atoms with Gasteiger partial charge in [-0.15, -0.1) is 0 Å². The second-order valence-corrected chi connectivity index (χ2v) is 5.36. The van der Waals surface area contributed by atoms with Gasteiger partial charge in [-0.2, -0.15) is 0 Å². The number of benzene rings is 1. The van der Waals surface area contributed by atoms with E-state index in [1.54, 1.807) is 7.11 Å². The monoisotopic (exact) mass is 248 g/mol. The van der Waals surface area contributed by atoms with Crippen LogP contribution >= 0.6 is 0 Å². The van der Waals surface area contributed by atoms with E-state index >= 15 is 0 Å². The Balaban J connectivity index is 2.22. The maximum Gasteiger partial charge on any atom is 0.124 e. The first kappa shape index (κ1) is 13.4. The molecule has 0 bridgehead atoms. The third-order valence-electron chi connectivity index (χ3n) is 4.14. The first-order valence-corrected chi connectivity index (χ1v) is 6.59. The Hall–Kier alpha value is -1.06. The molecule has 1 fully saturated rings. The van der Waals surface area contributed by atoms with Gasteiger partial charge in [0.2, 0.25) is 0 Å². The van der Waals surface area contributed by atoms with Crippen molar-refractivity contribution in [1.82, 2.24) is 10.2 Å². The van der Waals surface area contributed by atoms with Crippen molar-refractivity contribution in [2.75, 3.05) is 27.2 Å². The van der Waals surface area contributed by atoms with E-state index in [9.17, 15) is 0 Å². The van der Waals surface area contributed by atoms with Crippen molar-refractivity contribution in [3.8, 4) is 5.75 Å². The number of ether oxygens (including phenoxy) is 1. The fourth-order valence-corrected chi connectivity index (χ4v) is 2.60. The molecule has 1 aromatic carbocycles. The summed E-state index contributed by atoms with van der Waals surface area (Å²) in [6.45, 7) is 9.71. The lowest BCUT2D eigenvalue weighted by atomic mass is 9.97. The van der Waals surface area contributed by atoms with E-state index in [1.807, 2.05) is 0 Å². The Kier molecular flexibility index (Phi) is 3.93. The average Bonchev–Trinajstić information content (AvgIpc) is 2.23. The number of nitrogens with one attached hydrogen (secondary N) is 1. The van der Waals surface area contributed by atoms with Crippen LogP contribution in [0.15, 0.2) is 6.07 Å². The minimum absolute atomic E-state index is 0.687. The first-order chi connectivity index (χ1) is 8.54. The molecule has 1 N–H and O–H groups in total. The van der Waals surface area contributed by atoms with Gasteiger partial charge < -0.3 is 10.1 Å². The highest BCUT2D eigenvalue weighted by atomic mass is 16.5. The molecule has 18 heavy (non-hydrogen) atoms. The zero-order valence-electron chi connectivity index (χ0n) is 12.1. The Morgan fingerprint density at radius 3 is 2.44 bits per heavy atom. The zero-order valence-corrected chi connectivity index (χ0v) is 12.1. The Morgan fingerprint density at radius 2 is 1.94 bits per heavy atom. The molecule has 0 saturated carbocycles. The van der Waals surface area contributed by atoms with Crippen molar-refractivity contribution in [2.24, 2.45) is 0 Å². The molecule has 1 heterocycles. The highest BCUT2D eigenvalue weighted by molar-refractivity contribution is 5.48. The first-order valence-electron chi connectivity index (χ1n) is 6.59. The smallest absolute Gasteiger partial charge is 0.124 e. The van der Waals surface area contributed by atoms with Gasteiger partial charge in [-0.05, 0) is 50.1 Å². The molecular weight excluding hydrogens is 224 g/mol. The van der Waals surface area contributed by atoms with E-state index < -0.39 is 0 Å². The summed E-state index contributed by atoms with van der Waals surface area (Å²) in [5.74, 6) is 1.03. The van der Waals surface area contributed by atoms with Crippen LogP contribution in [0.3, 0.4) is 0 Å². The van der Waals surface area contributed by atoms with Crippen LogP contribution in [0.1, 0.15) is 22.3 Å². The maximum atomic E-state index is 5.47. The molecule has 1 aromatic rings. The molecule has 0 spiro atoms. The minimum atomic E-state index is 0.687. The molecule has 1 saturated heterocycles. The van der Waals surface area contributed by atoms with Gasteiger partial charge in [0.15, 0.2) is 0 Å². The number of hydrogen-bond donors (Lipinski definition) is 1. The summed E-state index contributed by atoms with van der Waals surface area (Å²) >= 11 is 0. The van der Waals surface area contributed by atoms with Crippen LogP contribution in [-0.2, 0) is 6.54 Å². The van der Waals surface area contributed by atoms with Crippen LogP contribution in [0.5, 0.6) is 5.75 Å². The zero-order chi connectivity index (χ0) is 13.3. The predicted molar refractivity (Wildman–Crippen MR) is 75.3 cm³/mol. The second-order valence-electron chi connectivity index (χ2n) is 5.36. The standard InChI is InChI=1S/C15H24N2O/c1-10-6-13(9-17(4)14-7-16-8-14)11(2)12(3)15(10)18-5/h6,14,16H,7-9H2,1-5H3. The summed E-state index contributed by atoms with van der Waals surface area (Å²) < 4.78 is 5.47. The van der Waals surface area contributed by atoms with Crippen molar-refractivity contribution in [2.45, 2.75) is 33.4 Å². The summed E-state index contributed by atoms with van der Waals surface area (Å²) in [5.41, 5.74) is 5.28. The fourth-order valence-electron chi connectivity index (χ4n) is 2.60. The van der Waals surface area contributed by atoms with E-state index in [-0.39, 0.29) is 0 Å². The Labute approximate surface area is 110 Å². The number of hydrogen-bond acceptors (Lipinski definition) is 3. The molecule has 0 radical (unpaired) electrons. The lowest BCUT2D eigenvalue weighted by Crippen LogP contribution is -2.55. The number of methoxy groups -OCH3 is 1. The molecule has 100 valence electrons. The fraction of sp³-hybridized carbons (Fsp3) is 0.600. The van der Waals surface area contributed by atoms with Crippen molar-refractivity contribution >= 4 is 0 Å². The summed E-state index contributed by atoms with van der Waals surface area (Å²) in [7, 11) is 3.96. The number of rotatable bonds is 4. The highest BCUT2D eigenvalue weighted by Gasteiger charge is 2.22. The van der Waals surface area contributed by atoms with Gasteiger partial charge in [-0.3, -0.25) is 4.90 Å². The second kappa shape index (κ2) is 5.29. The molecule has 2 rings (SSSR count). The number of likely N-dealkylation sites (N-methyl/N-ethyl adjacent to an activating group) is 1. The van der Waals surface area contributed by atoms with Gasteiger partial charge in [-0.1, -0.05) is 6.07 Å². The Bertz CT molecular complexity index is 439. The van der Waals surface area contributed by atoms with Crippen molar-refractivity contribution < 1.29 is 4.74 Å². The largest absolute Gasteiger partial charge is 0.496 e. The molecule has 1 aliphatic rings. The third-order valence-corrected chi connectivity index (χ3v) is 4.14. The molecule has 0 atom stereocenters. The molecule has 3 heteroatoms. The van der Waals surface area contributed by atoms with Crippen LogP contribution in [0.25, 0.3) is 0 Å². The van der Waals surface area contributed by atoms with Crippen LogP contribution < -0.4 is 10.1 Å². The van der Waals surface area contributed by atoms with E-state index in [0.29, 0.717) is 6.04 Å². The topological polar surface area (TPSA) is 24.5 Å². The van der Waals surface area contributed by atoms with Gasteiger partial charge >= 0.3 is 0 Å². The maximum absolute atomic E-state index is 5.47. The van der Waals surface area contributed by atoms with E-state index in [0.717, 1.165) is 25.4 Å². The van der Waals surface area contributed by atoms with Crippen molar-refractivity contribution in [3.63, 3.8) is 0 Å². The van der Waals surface area contributed by atoms with Gasteiger partial charge in [0.25, 0.3) is 0 Å². The SMILES string of the molecule is COc1c(C)cc(CN(C)C2CNC2)c(C)c1C. The molecule has 0 amide bonds. The average molecular weight is 248 g/mol. The summed E-state index contributed by atoms with van der Waals surface area (Å²) in [4.78, 5) is 2.43. The Morgan fingerprint density at radius 1 is 1.28 bits per heavy atom. The van der Waals surface area contributed by atoms with Crippen LogP contribution in [0, 0.1) is 20.8 Å². The molecule has 0 aromatic heterocycles. The van der Waals surface area contributed by atoms with E-state index in [2.05, 4.69) is 44.1 Å².